The van der Waals surface area contributed by atoms with Crippen LogP contribution in [0.25, 0.3) is 0 Å². The van der Waals surface area contributed by atoms with Crippen molar-refractivity contribution >= 4 is 35.3 Å². The fourth-order valence-electron chi connectivity index (χ4n) is 2.30. The monoisotopic (exact) mass is 256 g/mol. The summed E-state index contributed by atoms with van der Waals surface area (Å²) in [4.78, 5) is 0. The van der Waals surface area contributed by atoms with Crippen LogP contribution in [-0.2, 0) is 0 Å². The van der Waals surface area contributed by atoms with Crippen LogP contribution in [0.4, 0.5) is 0 Å². The molecule has 0 spiro atoms. The van der Waals surface area contributed by atoms with Gasteiger partial charge < -0.3 is 0 Å². The molecule has 0 amide bonds. The van der Waals surface area contributed by atoms with Crippen LogP contribution in [0.15, 0.2) is 36.4 Å². The van der Waals surface area contributed by atoms with Crippen molar-refractivity contribution < 1.29 is 0 Å². The molecule has 0 radical (unpaired) electrons. The van der Waals surface area contributed by atoms with Crippen molar-refractivity contribution in [1.82, 2.24) is 0 Å². The van der Waals surface area contributed by atoms with E-state index in [4.69, 9.17) is 0 Å². The molecule has 0 saturated heterocycles. The van der Waals surface area contributed by atoms with E-state index in [1.807, 2.05) is 0 Å². The van der Waals surface area contributed by atoms with Gasteiger partial charge in [0.15, 0.2) is 0 Å². The molecule has 2 rings (SSSR count). The van der Waals surface area contributed by atoms with Crippen molar-refractivity contribution in [3.8, 4) is 0 Å². The molecule has 0 nitrogen and oxygen atoms in total. The summed E-state index contributed by atoms with van der Waals surface area (Å²) >= 11 is 0. The lowest BCUT2D eigenvalue weighted by Gasteiger charge is -2.14. The first-order valence-electron chi connectivity index (χ1n) is 6.20. The normalized spacial score (nSPS) is 11.5. The summed E-state index contributed by atoms with van der Waals surface area (Å²) < 4.78 is 0. The lowest BCUT2D eigenvalue weighted by molar-refractivity contribution is 1.36. The van der Waals surface area contributed by atoms with Crippen LogP contribution in [0.1, 0.15) is 16.7 Å². The quantitative estimate of drug-likeness (QED) is 0.649. The summed E-state index contributed by atoms with van der Waals surface area (Å²) in [6.45, 7) is 6.84. The first-order chi connectivity index (χ1) is 8.09. The van der Waals surface area contributed by atoms with Crippen LogP contribution in [0.3, 0.4) is 0 Å². The highest BCUT2D eigenvalue weighted by molar-refractivity contribution is 6.68. The molecule has 0 aliphatic rings. The summed E-state index contributed by atoms with van der Waals surface area (Å²) in [7, 11) is 0.857. The summed E-state index contributed by atoms with van der Waals surface area (Å²) in [5, 5.41) is 4.75. The SMILES string of the molecule is Cc1cc([SiH2]c2ccccc2)c(C)c(C)c1[SiH3]. The Kier molecular flexibility index (Phi) is 3.64. The van der Waals surface area contributed by atoms with E-state index in [0.717, 1.165) is 10.2 Å². The molecule has 0 heterocycles. The highest BCUT2D eigenvalue weighted by Crippen LogP contribution is 2.03. The van der Waals surface area contributed by atoms with E-state index in [1.54, 1.807) is 10.4 Å². The minimum absolute atomic E-state index is 0.306. The first kappa shape index (κ1) is 12.3. The van der Waals surface area contributed by atoms with Gasteiger partial charge in [-0.3, -0.25) is 0 Å². The van der Waals surface area contributed by atoms with Crippen LogP contribution >= 0.6 is 0 Å². The molecule has 0 atom stereocenters. The smallest absolute Gasteiger partial charge is 0.0648 e. The minimum Gasteiger partial charge on any atom is -0.0648 e. The van der Waals surface area contributed by atoms with Crippen molar-refractivity contribution in [3.63, 3.8) is 0 Å². The maximum absolute atomic E-state index is 2.43. The number of benzene rings is 2. The number of hydrogen-bond donors (Lipinski definition) is 0. The Morgan fingerprint density at radius 3 is 2.24 bits per heavy atom. The van der Waals surface area contributed by atoms with Crippen LogP contribution in [0, 0.1) is 20.8 Å². The zero-order valence-electron chi connectivity index (χ0n) is 11.2. The van der Waals surface area contributed by atoms with Gasteiger partial charge in [-0.1, -0.05) is 57.5 Å². The zero-order chi connectivity index (χ0) is 12.4. The molecule has 0 saturated carbocycles. The lowest BCUT2D eigenvalue weighted by Crippen LogP contribution is -2.32. The molecule has 0 aliphatic heterocycles. The fraction of sp³-hybridized carbons (Fsp3) is 0.200. The predicted octanol–water partition coefficient (Wildman–Crippen LogP) is -0.278. The number of rotatable bonds is 2. The molecule has 0 aromatic heterocycles. The van der Waals surface area contributed by atoms with E-state index in [2.05, 4.69) is 57.2 Å². The second-order valence-corrected chi connectivity index (χ2v) is 7.82. The molecule has 0 aliphatic carbocycles. The van der Waals surface area contributed by atoms with Crippen LogP contribution in [0.2, 0.25) is 0 Å². The summed E-state index contributed by atoms with van der Waals surface area (Å²) in [6, 6.07) is 13.4. The Bertz CT molecular complexity index is 530. The van der Waals surface area contributed by atoms with E-state index < -0.39 is 0 Å². The molecule has 17 heavy (non-hydrogen) atoms. The Morgan fingerprint density at radius 1 is 0.941 bits per heavy atom. The predicted molar refractivity (Wildman–Crippen MR) is 84.5 cm³/mol. The van der Waals surface area contributed by atoms with Gasteiger partial charge in [0, 0.05) is 10.2 Å². The van der Waals surface area contributed by atoms with Gasteiger partial charge in [0.05, 0.1) is 9.52 Å². The first-order valence-corrected chi connectivity index (χ1v) is 8.61. The van der Waals surface area contributed by atoms with E-state index in [-0.39, 0.29) is 9.52 Å². The Morgan fingerprint density at radius 2 is 1.59 bits per heavy atom. The topological polar surface area (TPSA) is 0 Å². The third kappa shape index (κ3) is 2.59. The van der Waals surface area contributed by atoms with E-state index in [9.17, 15) is 0 Å². The van der Waals surface area contributed by atoms with E-state index >= 15 is 0 Å². The van der Waals surface area contributed by atoms with E-state index in [1.165, 1.54) is 21.9 Å². The minimum atomic E-state index is -0.306. The molecule has 2 aromatic carbocycles. The molecular weight excluding hydrogens is 236 g/mol. The Labute approximate surface area is 109 Å². The zero-order valence-corrected chi connectivity index (χ0v) is 14.6. The molecule has 2 aromatic rings. The molecule has 0 unspecified atom stereocenters. The van der Waals surface area contributed by atoms with Gasteiger partial charge in [-0.25, -0.2) is 0 Å². The number of hydrogen-bond acceptors (Lipinski definition) is 0. The van der Waals surface area contributed by atoms with Gasteiger partial charge in [0.2, 0.25) is 0 Å². The maximum atomic E-state index is 2.43. The van der Waals surface area contributed by atoms with Crippen molar-refractivity contribution in [1.29, 1.82) is 0 Å². The van der Waals surface area contributed by atoms with Crippen molar-refractivity contribution in [3.05, 3.63) is 53.1 Å². The van der Waals surface area contributed by atoms with Crippen molar-refractivity contribution in [2.24, 2.45) is 0 Å². The van der Waals surface area contributed by atoms with Gasteiger partial charge in [-0.05, 0) is 31.9 Å². The summed E-state index contributed by atoms with van der Waals surface area (Å²) in [5.41, 5.74) is 4.57. The molecule has 0 N–H and O–H groups in total. The average Bonchev–Trinajstić information content (AvgIpc) is 2.35. The van der Waals surface area contributed by atoms with Gasteiger partial charge in [0.1, 0.15) is 0 Å². The molecule has 88 valence electrons. The van der Waals surface area contributed by atoms with Gasteiger partial charge >= 0.3 is 0 Å². The molecular formula is C15H20Si2. The van der Waals surface area contributed by atoms with Gasteiger partial charge in [-0.15, -0.1) is 0 Å². The number of aryl methyl sites for hydroxylation is 1. The third-order valence-corrected chi connectivity index (χ3v) is 7.36. The van der Waals surface area contributed by atoms with Crippen LogP contribution in [-0.4, -0.2) is 19.8 Å². The standard InChI is InChI=1S/C15H20Si2/c1-10-9-14(11(2)12(3)15(10)16)17-13-7-5-4-6-8-13/h4-9H,17H2,1-3,16H3. The average molecular weight is 256 g/mol. The third-order valence-electron chi connectivity index (χ3n) is 3.83. The molecule has 0 fully saturated rings. The molecule has 0 bridgehead atoms. The lowest BCUT2D eigenvalue weighted by atomic mass is 10.1. The Balaban J connectivity index is 2.41. The second kappa shape index (κ2) is 5.02. The van der Waals surface area contributed by atoms with Crippen LogP contribution in [0.5, 0.6) is 0 Å². The molecule has 2 heteroatoms. The van der Waals surface area contributed by atoms with Gasteiger partial charge in [-0.2, -0.15) is 0 Å². The summed E-state index contributed by atoms with van der Waals surface area (Å²) in [6.07, 6.45) is 0. The second-order valence-electron chi connectivity index (χ2n) is 4.89. The van der Waals surface area contributed by atoms with E-state index in [0.29, 0.717) is 0 Å². The Hall–Kier alpha value is -1.13. The fourth-order valence-corrected chi connectivity index (χ4v) is 4.70. The van der Waals surface area contributed by atoms with Gasteiger partial charge in [0.25, 0.3) is 0 Å². The van der Waals surface area contributed by atoms with Crippen molar-refractivity contribution in [2.45, 2.75) is 20.8 Å². The maximum Gasteiger partial charge on any atom is 0.0878 e. The van der Waals surface area contributed by atoms with Crippen LogP contribution < -0.4 is 15.6 Å². The van der Waals surface area contributed by atoms with Crippen molar-refractivity contribution in [2.75, 3.05) is 0 Å². The summed E-state index contributed by atoms with van der Waals surface area (Å²) in [5.74, 6) is 0. The highest BCUT2D eigenvalue weighted by Gasteiger charge is 2.07. The highest BCUT2D eigenvalue weighted by atomic mass is 28.2. The largest absolute Gasteiger partial charge is 0.0878 e.